The van der Waals surface area contributed by atoms with Crippen LogP contribution in [0.2, 0.25) is 0 Å². The summed E-state index contributed by atoms with van der Waals surface area (Å²) >= 11 is 0. The topological polar surface area (TPSA) is 82.9 Å². The normalized spacial score (nSPS) is 11.9. The molecule has 0 aliphatic heterocycles. The SMILES string of the molecule is Cc1cc(C#N)cc(NCC(C)(C)S(C)(=O)=O)n1. The van der Waals surface area contributed by atoms with Crippen molar-refractivity contribution in [3.05, 3.63) is 23.4 Å². The highest BCUT2D eigenvalue weighted by atomic mass is 32.2. The van der Waals surface area contributed by atoms with Gasteiger partial charge in [0, 0.05) is 18.5 Å². The lowest BCUT2D eigenvalue weighted by atomic mass is 10.2. The maximum absolute atomic E-state index is 11.6. The number of sulfone groups is 1. The second-order valence-electron chi connectivity index (χ2n) is 4.88. The smallest absolute Gasteiger partial charge is 0.154 e. The molecular weight excluding hydrogens is 250 g/mol. The van der Waals surface area contributed by atoms with Gasteiger partial charge < -0.3 is 5.32 Å². The molecule has 98 valence electrons. The Morgan fingerprint density at radius 1 is 1.44 bits per heavy atom. The first kappa shape index (κ1) is 14.5. The summed E-state index contributed by atoms with van der Waals surface area (Å²) in [5.41, 5.74) is 1.22. The first-order valence-corrected chi connectivity index (χ1v) is 7.37. The zero-order valence-electron chi connectivity index (χ0n) is 11.0. The van der Waals surface area contributed by atoms with Crippen molar-refractivity contribution in [3.63, 3.8) is 0 Å². The van der Waals surface area contributed by atoms with Gasteiger partial charge in [0.05, 0.1) is 16.4 Å². The Bertz CT molecular complexity index is 586. The molecule has 1 heterocycles. The van der Waals surface area contributed by atoms with E-state index >= 15 is 0 Å². The summed E-state index contributed by atoms with van der Waals surface area (Å²) in [5.74, 6) is 0.517. The lowest BCUT2D eigenvalue weighted by molar-refractivity contribution is 0.559. The molecule has 0 unspecified atom stereocenters. The fourth-order valence-electron chi connectivity index (χ4n) is 1.26. The Morgan fingerprint density at radius 2 is 2.06 bits per heavy atom. The first-order chi connectivity index (χ1) is 8.15. The van der Waals surface area contributed by atoms with E-state index in [0.29, 0.717) is 17.1 Å². The van der Waals surface area contributed by atoms with Crippen LogP contribution in [-0.2, 0) is 9.84 Å². The van der Waals surface area contributed by atoms with Crippen LogP contribution < -0.4 is 5.32 Å². The number of aromatic nitrogens is 1. The van der Waals surface area contributed by atoms with Crippen LogP contribution in [0.1, 0.15) is 25.1 Å². The van der Waals surface area contributed by atoms with Gasteiger partial charge in [0.15, 0.2) is 9.84 Å². The minimum Gasteiger partial charge on any atom is -0.368 e. The Hall–Kier alpha value is -1.61. The quantitative estimate of drug-likeness (QED) is 0.893. The molecule has 0 saturated carbocycles. The minimum absolute atomic E-state index is 0.243. The zero-order chi connectivity index (χ0) is 14.0. The van der Waals surface area contributed by atoms with Gasteiger partial charge in [-0.3, -0.25) is 0 Å². The van der Waals surface area contributed by atoms with E-state index in [2.05, 4.69) is 10.3 Å². The molecule has 0 radical (unpaired) electrons. The number of rotatable bonds is 4. The summed E-state index contributed by atoms with van der Waals surface area (Å²) in [6.45, 7) is 5.33. The van der Waals surface area contributed by atoms with Crippen molar-refractivity contribution in [2.75, 3.05) is 18.1 Å². The van der Waals surface area contributed by atoms with Gasteiger partial charge in [0.1, 0.15) is 5.82 Å². The highest BCUT2D eigenvalue weighted by Crippen LogP contribution is 2.17. The van der Waals surface area contributed by atoms with Gasteiger partial charge in [-0.15, -0.1) is 0 Å². The third-order valence-electron chi connectivity index (χ3n) is 2.78. The second-order valence-corrected chi connectivity index (χ2v) is 7.53. The molecular formula is C12H17N3O2S. The van der Waals surface area contributed by atoms with Gasteiger partial charge in [0.2, 0.25) is 0 Å². The molecule has 0 aliphatic carbocycles. The fraction of sp³-hybridized carbons (Fsp3) is 0.500. The third-order valence-corrected chi connectivity index (χ3v) is 4.93. The molecule has 1 rings (SSSR count). The summed E-state index contributed by atoms with van der Waals surface area (Å²) in [4.78, 5) is 4.21. The average molecular weight is 267 g/mol. The first-order valence-electron chi connectivity index (χ1n) is 5.48. The summed E-state index contributed by atoms with van der Waals surface area (Å²) in [6, 6.07) is 5.31. The van der Waals surface area contributed by atoms with E-state index in [0.717, 1.165) is 0 Å². The highest BCUT2D eigenvalue weighted by molar-refractivity contribution is 7.92. The molecule has 0 fully saturated rings. The third kappa shape index (κ3) is 3.44. The molecule has 0 aromatic carbocycles. The molecule has 1 aromatic heterocycles. The Morgan fingerprint density at radius 3 is 2.56 bits per heavy atom. The number of aryl methyl sites for hydroxylation is 1. The predicted octanol–water partition coefficient (Wildman–Crippen LogP) is 1.50. The van der Waals surface area contributed by atoms with Crippen LogP contribution in [0, 0.1) is 18.3 Å². The van der Waals surface area contributed by atoms with E-state index in [1.54, 1.807) is 32.9 Å². The molecule has 18 heavy (non-hydrogen) atoms. The van der Waals surface area contributed by atoms with Crippen LogP contribution in [0.3, 0.4) is 0 Å². The van der Waals surface area contributed by atoms with Crippen LogP contribution in [0.25, 0.3) is 0 Å². The van der Waals surface area contributed by atoms with Crippen molar-refractivity contribution in [2.24, 2.45) is 0 Å². The van der Waals surface area contributed by atoms with E-state index < -0.39 is 14.6 Å². The Kier molecular flexibility index (Phi) is 3.97. The van der Waals surface area contributed by atoms with E-state index in [1.807, 2.05) is 6.07 Å². The zero-order valence-corrected chi connectivity index (χ0v) is 11.8. The van der Waals surface area contributed by atoms with Crippen molar-refractivity contribution < 1.29 is 8.42 Å². The lowest BCUT2D eigenvalue weighted by Gasteiger charge is -2.23. The van der Waals surface area contributed by atoms with Gasteiger partial charge in [-0.05, 0) is 32.9 Å². The van der Waals surface area contributed by atoms with Crippen LogP contribution in [0.4, 0.5) is 5.82 Å². The number of nitrogens with one attached hydrogen (secondary N) is 1. The van der Waals surface area contributed by atoms with Crippen molar-refractivity contribution in [1.82, 2.24) is 4.98 Å². The predicted molar refractivity (Wildman–Crippen MR) is 71.1 cm³/mol. The van der Waals surface area contributed by atoms with Gasteiger partial charge in [-0.25, -0.2) is 13.4 Å². The Balaban J connectivity index is 2.88. The monoisotopic (exact) mass is 267 g/mol. The van der Waals surface area contributed by atoms with Crippen molar-refractivity contribution in [2.45, 2.75) is 25.5 Å². The van der Waals surface area contributed by atoms with Crippen molar-refractivity contribution >= 4 is 15.7 Å². The van der Waals surface area contributed by atoms with Crippen LogP contribution in [-0.4, -0.2) is 30.9 Å². The highest BCUT2D eigenvalue weighted by Gasteiger charge is 2.29. The summed E-state index contributed by atoms with van der Waals surface area (Å²) in [5, 5.41) is 11.8. The molecule has 6 heteroatoms. The fourth-order valence-corrected chi connectivity index (χ4v) is 1.59. The summed E-state index contributed by atoms with van der Waals surface area (Å²) < 4.78 is 22.2. The summed E-state index contributed by atoms with van der Waals surface area (Å²) in [6.07, 6.45) is 1.21. The number of nitrogens with zero attached hydrogens (tertiary/aromatic N) is 2. The Labute approximate surface area is 108 Å². The van der Waals surface area contributed by atoms with Gasteiger partial charge in [-0.1, -0.05) is 0 Å². The molecule has 0 aliphatic rings. The lowest BCUT2D eigenvalue weighted by Crippen LogP contribution is -2.38. The van der Waals surface area contributed by atoms with Crippen LogP contribution in [0.5, 0.6) is 0 Å². The van der Waals surface area contributed by atoms with Crippen LogP contribution >= 0.6 is 0 Å². The summed E-state index contributed by atoms with van der Waals surface area (Å²) in [7, 11) is -3.15. The van der Waals surface area contributed by atoms with Crippen LogP contribution in [0.15, 0.2) is 12.1 Å². The average Bonchev–Trinajstić information content (AvgIpc) is 2.24. The number of nitriles is 1. The molecule has 0 spiro atoms. The number of anilines is 1. The largest absolute Gasteiger partial charge is 0.368 e. The van der Waals surface area contributed by atoms with Crippen molar-refractivity contribution in [3.8, 4) is 6.07 Å². The maximum Gasteiger partial charge on any atom is 0.154 e. The molecule has 0 saturated heterocycles. The van der Waals surface area contributed by atoms with Crippen molar-refractivity contribution in [1.29, 1.82) is 5.26 Å². The number of hydrogen-bond acceptors (Lipinski definition) is 5. The van der Waals surface area contributed by atoms with E-state index in [4.69, 9.17) is 5.26 Å². The second kappa shape index (κ2) is 4.94. The van der Waals surface area contributed by atoms with Gasteiger partial charge >= 0.3 is 0 Å². The molecule has 0 bridgehead atoms. The number of pyridine rings is 1. The van der Waals surface area contributed by atoms with E-state index in [-0.39, 0.29) is 6.54 Å². The number of hydrogen-bond donors (Lipinski definition) is 1. The molecule has 1 aromatic rings. The molecule has 5 nitrogen and oxygen atoms in total. The maximum atomic E-state index is 11.6. The van der Waals surface area contributed by atoms with E-state index in [9.17, 15) is 8.42 Å². The standard InChI is InChI=1S/C12H17N3O2S/c1-9-5-10(7-13)6-11(15-9)14-8-12(2,3)18(4,16)17/h5-6H,8H2,1-4H3,(H,14,15). The molecule has 0 amide bonds. The molecule has 1 N–H and O–H groups in total. The molecule has 0 atom stereocenters. The minimum atomic E-state index is -3.15. The van der Waals surface area contributed by atoms with Gasteiger partial charge in [0.25, 0.3) is 0 Å². The van der Waals surface area contributed by atoms with Gasteiger partial charge in [-0.2, -0.15) is 5.26 Å². The van der Waals surface area contributed by atoms with E-state index in [1.165, 1.54) is 6.26 Å².